The SMILES string of the molecule is CC(C)CCC[C@@H](C)[C@@H]1CC[C@@H]2[C@@H]3CC[C@@H]4C[C@H]([N+](=O)[O-])CC[C@]4(C)[C@@H]3CC[C@@]21C. The Morgan fingerprint density at radius 1 is 0.900 bits per heavy atom. The lowest BCUT2D eigenvalue weighted by Crippen LogP contribution is -2.54. The van der Waals surface area contributed by atoms with E-state index in [1.807, 2.05) is 0 Å². The molecule has 0 aromatic rings. The minimum atomic E-state index is -0.268. The van der Waals surface area contributed by atoms with Crippen LogP contribution in [0.25, 0.3) is 0 Å². The lowest BCUT2D eigenvalue weighted by Gasteiger charge is -2.60. The van der Waals surface area contributed by atoms with E-state index < -0.39 is 0 Å². The molecule has 9 atom stereocenters. The van der Waals surface area contributed by atoms with Gasteiger partial charge in [0.25, 0.3) is 0 Å². The maximum absolute atomic E-state index is 11.4. The van der Waals surface area contributed by atoms with Crippen molar-refractivity contribution in [3.63, 3.8) is 0 Å². The largest absolute Gasteiger partial charge is 0.264 e. The molecule has 30 heavy (non-hydrogen) atoms. The second-order valence-electron chi connectivity index (χ2n) is 12.9. The first-order valence-electron chi connectivity index (χ1n) is 13.3. The predicted molar refractivity (Wildman–Crippen MR) is 124 cm³/mol. The van der Waals surface area contributed by atoms with Gasteiger partial charge in [0.05, 0.1) is 0 Å². The lowest BCUT2D eigenvalue weighted by molar-refractivity contribution is -0.531. The maximum Gasteiger partial charge on any atom is 0.213 e. The van der Waals surface area contributed by atoms with Gasteiger partial charge in [0, 0.05) is 17.8 Å². The van der Waals surface area contributed by atoms with Crippen LogP contribution in [-0.4, -0.2) is 11.0 Å². The number of rotatable bonds is 6. The normalized spacial score (nSPS) is 46.7. The molecule has 0 heterocycles. The second kappa shape index (κ2) is 8.39. The molecule has 0 aromatic heterocycles. The fourth-order valence-electron chi connectivity index (χ4n) is 9.45. The summed E-state index contributed by atoms with van der Waals surface area (Å²) >= 11 is 0. The average Bonchev–Trinajstić information content (AvgIpc) is 3.04. The van der Waals surface area contributed by atoms with Crippen molar-refractivity contribution < 1.29 is 4.92 Å². The summed E-state index contributed by atoms with van der Waals surface area (Å²) < 4.78 is 0. The minimum Gasteiger partial charge on any atom is -0.264 e. The summed E-state index contributed by atoms with van der Waals surface area (Å²) in [4.78, 5) is 11.4. The zero-order chi connectivity index (χ0) is 21.7. The molecule has 4 fully saturated rings. The quantitative estimate of drug-likeness (QED) is 0.327. The topological polar surface area (TPSA) is 43.1 Å². The molecule has 4 aliphatic rings. The Bertz CT molecular complexity index is 632. The summed E-state index contributed by atoms with van der Waals surface area (Å²) in [5.41, 5.74) is 0.928. The van der Waals surface area contributed by atoms with Gasteiger partial charge < -0.3 is 0 Å². The van der Waals surface area contributed by atoms with Crippen LogP contribution in [0, 0.1) is 62.4 Å². The van der Waals surface area contributed by atoms with Gasteiger partial charge in [0.2, 0.25) is 6.04 Å². The first kappa shape index (κ1) is 22.6. The van der Waals surface area contributed by atoms with E-state index in [9.17, 15) is 10.1 Å². The third kappa shape index (κ3) is 3.75. The van der Waals surface area contributed by atoms with Crippen molar-refractivity contribution in [1.29, 1.82) is 0 Å². The van der Waals surface area contributed by atoms with Crippen molar-refractivity contribution in [2.45, 2.75) is 118 Å². The van der Waals surface area contributed by atoms with Crippen LogP contribution in [0.5, 0.6) is 0 Å². The van der Waals surface area contributed by atoms with Crippen molar-refractivity contribution in [2.75, 3.05) is 0 Å². The van der Waals surface area contributed by atoms with Gasteiger partial charge in [-0.2, -0.15) is 0 Å². The molecule has 3 nitrogen and oxygen atoms in total. The van der Waals surface area contributed by atoms with Gasteiger partial charge in [-0.25, -0.2) is 0 Å². The van der Waals surface area contributed by atoms with E-state index in [1.165, 1.54) is 57.8 Å². The maximum atomic E-state index is 11.4. The van der Waals surface area contributed by atoms with Crippen LogP contribution in [0.3, 0.4) is 0 Å². The Hall–Kier alpha value is -0.600. The standard InChI is InChI=1S/C27H47NO2/c1-18(2)7-6-8-19(3)23-11-12-24-22-10-9-20-17-21(28(29)30)13-15-26(20,4)25(22)14-16-27(23,24)5/h18-25H,6-17H2,1-5H3/t19-,20-,21-,22+,23+,24-,25-,26+,27-/m1/s1. The Labute approximate surface area is 185 Å². The van der Waals surface area contributed by atoms with Crippen molar-refractivity contribution >= 4 is 0 Å². The average molecular weight is 418 g/mol. The first-order chi connectivity index (χ1) is 14.2. The zero-order valence-electron chi connectivity index (χ0n) is 20.4. The summed E-state index contributed by atoms with van der Waals surface area (Å²) in [5, 5.41) is 11.4. The van der Waals surface area contributed by atoms with Crippen molar-refractivity contribution in [1.82, 2.24) is 0 Å². The Balaban J connectivity index is 1.45. The molecule has 3 heteroatoms. The van der Waals surface area contributed by atoms with E-state index >= 15 is 0 Å². The molecule has 0 N–H and O–H groups in total. The van der Waals surface area contributed by atoms with Crippen LogP contribution >= 0.6 is 0 Å². The third-order valence-electron chi connectivity index (χ3n) is 11.1. The van der Waals surface area contributed by atoms with E-state index in [2.05, 4.69) is 34.6 Å². The second-order valence-corrected chi connectivity index (χ2v) is 12.9. The van der Waals surface area contributed by atoms with Gasteiger partial charge in [-0.1, -0.05) is 53.9 Å². The number of nitro groups is 1. The minimum absolute atomic E-state index is 0.0197. The van der Waals surface area contributed by atoms with E-state index in [-0.39, 0.29) is 11.0 Å². The van der Waals surface area contributed by atoms with Crippen molar-refractivity contribution in [2.24, 2.45) is 52.3 Å². The van der Waals surface area contributed by atoms with Gasteiger partial charge in [0.15, 0.2) is 0 Å². The summed E-state index contributed by atoms with van der Waals surface area (Å²) in [6.07, 6.45) is 15.3. The Morgan fingerprint density at radius 3 is 2.30 bits per heavy atom. The molecule has 0 saturated heterocycles. The van der Waals surface area contributed by atoms with Gasteiger partial charge in [-0.05, 0) is 97.2 Å². The molecule has 0 spiro atoms. The highest BCUT2D eigenvalue weighted by molar-refractivity contribution is 5.09. The Morgan fingerprint density at radius 2 is 1.60 bits per heavy atom. The molecule has 172 valence electrons. The molecule has 0 aliphatic heterocycles. The molecular formula is C27H47NO2. The molecule has 4 saturated carbocycles. The summed E-state index contributed by atoms with van der Waals surface area (Å²) in [6, 6.07) is -0.268. The Kier molecular flexibility index (Phi) is 6.32. The smallest absolute Gasteiger partial charge is 0.213 e. The van der Waals surface area contributed by atoms with Crippen LogP contribution in [0.1, 0.15) is 112 Å². The van der Waals surface area contributed by atoms with Crippen LogP contribution in [0.4, 0.5) is 0 Å². The van der Waals surface area contributed by atoms with Gasteiger partial charge in [0.1, 0.15) is 0 Å². The first-order valence-corrected chi connectivity index (χ1v) is 13.3. The lowest BCUT2D eigenvalue weighted by atomic mass is 9.44. The van der Waals surface area contributed by atoms with Crippen LogP contribution in [0.15, 0.2) is 0 Å². The van der Waals surface area contributed by atoms with E-state index in [4.69, 9.17) is 0 Å². The van der Waals surface area contributed by atoms with E-state index in [0.29, 0.717) is 16.7 Å². The number of nitrogens with zero attached hydrogens (tertiary/aromatic N) is 1. The molecule has 0 amide bonds. The predicted octanol–water partition coefficient (Wildman–Crippen LogP) is 7.75. The number of fused-ring (bicyclic) bond motifs is 5. The highest BCUT2D eigenvalue weighted by Gasteiger charge is 2.61. The summed E-state index contributed by atoms with van der Waals surface area (Å²) in [6.45, 7) is 12.5. The van der Waals surface area contributed by atoms with E-state index in [1.54, 1.807) is 0 Å². The van der Waals surface area contributed by atoms with Gasteiger partial charge >= 0.3 is 0 Å². The van der Waals surface area contributed by atoms with E-state index in [0.717, 1.165) is 54.8 Å². The molecule has 4 rings (SSSR count). The van der Waals surface area contributed by atoms with Crippen LogP contribution in [-0.2, 0) is 0 Å². The molecular weight excluding hydrogens is 370 g/mol. The molecule has 4 aliphatic carbocycles. The van der Waals surface area contributed by atoms with Gasteiger partial charge in [-0.3, -0.25) is 10.1 Å². The summed E-state index contributed by atoms with van der Waals surface area (Å²) in [5.74, 6) is 5.87. The van der Waals surface area contributed by atoms with Crippen LogP contribution < -0.4 is 0 Å². The van der Waals surface area contributed by atoms with Crippen molar-refractivity contribution in [3.8, 4) is 0 Å². The van der Waals surface area contributed by atoms with Crippen molar-refractivity contribution in [3.05, 3.63) is 10.1 Å². The fraction of sp³-hybridized carbons (Fsp3) is 1.00. The van der Waals surface area contributed by atoms with Gasteiger partial charge in [-0.15, -0.1) is 0 Å². The molecule has 0 aromatic carbocycles. The zero-order valence-corrected chi connectivity index (χ0v) is 20.4. The highest BCUT2D eigenvalue weighted by Crippen LogP contribution is 2.68. The number of hydrogen-bond acceptors (Lipinski definition) is 2. The third-order valence-corrected chi connectivity index (χ3v) is 11.1. The highest BCUT2D eigenvalue weighted by atomic mass is 16.6. The monoisotopic (exact) mass is 417 g/mol. The summed E-state index contributed by atoms with van der Waals surface area (Å²) in [7, 11) is 0. The van der Waals surface area contributed by atoms with Crippen LogP contribution in [0.2, 0.25) is 0 Å². The number of hydrogen-bond donors (Lipinski definition) is 0. The molecule has 0 bridgehead atoms. The molecule has 0 radical (unpaired) electrons. The molecule has 0 unspecified atom stereocenters. The fourth-order valence-corrected chi connectivity index (χ4v) is 9.45.